The van der Waals surface area contributed by atoms with Crippen LogP contribution in [0, 0.1) is 0 Å². The molecular weight excluding hydrogens is 306 g/mol. The molecule has 0 spiro atoms. The lowest BCUT2D eigenvalue weighted by molar-refractivity contribution is -0.0749. The van der Waals surface area contributed by atoms with E-state index in [4.69, 9.17) is 4.74 Å². The first-order chi connectivity index (χ1) is 8.78. The van der Waals surface area contributed by atoms with Crippen LogP contribution in [0.5, 0.6) is 0 Å². The number of rotatable bonds is 2. The maximum atomic E-state index is 11.4. The molecule has 0 bridgehead atoms. The van der Waals surface area contributed by atoms with Crippen molar-refractivity contribution in [3.05, 3.63) is 28.2 Å². The second-order valence-corrected chi connectivity index (χ2v) is 6.64. The summed E-state index contributed by atoms with van der Waals surface area (Å²) >= 11 is 3.48. The van der Waals surface area contributed by atoms with Gasteiger partial charge in [-0.2, -0.15) is 0 Å². The molecular formula is C15H20BrNO2. The van der Waals surface area contributed by atoms with Gasteiger partial charge < -0.3 is 9.64 Å². The molecule has 1 saturated heterocycles. The Morgan fingerprint density at radius 1 is 1.47 bits per heavy atom. The molecule has 104 valence electrons. The lowest BCUT2D eigenvalue weighted by Gasteiger charge is -2.43. The third kappa shape index (κ3) is 3.37. The summed E-state index contributed by atoms with van der Waals surface area (Å²) < 4.78 is 6.77. The summed E-state index contributed by atoms with van der Waals surface area (Å²) in [5, 5.41) is 0. The number of hydrogen-bond acceptors (Lipinski definition) is 3. The minimum absolute atomic E-state index is 0.0779. The van der Waals surface area contributed by atoms with E-state index in [9.17, 15) is 4.79 Å². The smallest absolute Gasteiger partial charge is 0.160 e. The zero-order valence-corrected chi connectivity index (χ0v) is 13.5. The van der Waals surface area contributed by atoms with E-state index < -0.39 is 0 Å². The van der Waals surface area contributed by atoms with Crippen LogP contribution >= 0.6 is 15.9 Å². The number of anilines is 1. The maximum Gasteiger partial charge on any atom is 0.160 e. The van der Waals surface area contributed by atoms with Gasteiger partial charge in [0.15, 0.2) is 5.78 Å². The SMILES string of the molecule is CC(=O)c1ccc(N2CC(C)OC(C)(C)C2)cc1Br. The van der Waals surface area contributed by atoms with Gasteiger partial charge in [0.1, 0.15) is 0 Å². The van der Waals surface area contributed by atoms with Gasteiger partial charge in [-0.15, -0.1) is 0 Å². The van der Waals surface area contributed by atoms with Gasteiger partial charge in [0.05, 0.1) is 11.7 Å². The first kappa shape index (κ1) is 14.5. The Hall–Kier alpha value is -0.870. The van der Waals surface area contributed by atoms with Crippen molar-refractivity contribution >= 4 is 27.4 Å². The van der Waals surface area contributed by atoms with Crippen molar-refractivity contribution in [2.45, 2.75) is 39.4 Å². The Bertz CT molecular complexity index is 499. The van der Waals surface area contributed by atoms with Crippen LogP contribution in [0.4, 0.5) is 5.69 Å². The van der Waals surface area contributed by atoms with Crippen molar-refractivity contribution in [2.75, 3.05) is 18.0 Å². The monoisotopic (exact) mass is 325 g/mol. The molecule has 3 nitrogen and oxygen atoms in total. The zero-order valence-electron chi connectivity index (χ0n) is 11.9. The Morgan fingerprint density at radius 3 is 2.68 bits per heavy atom. The minimum atomic E-state index is -0.149. The van der Waals surface area contributed by atoms with Crippen LogP contribution in [0.25, 0.3) is 0 Å². The van der Waals surface area contributed by atoms with Crippen molar-refractivity contribution in [2.24, 2.45) is 0 Å². The van der Waals surface area contributed by atoms with Crippen LogP contribution in [0.1, 0.15) is 38.1 Å². The number of ether oxygens (including phenoxy) is 1. The first-order valence-corrected chi connectivity index (χ1v) is 7.31. The van der Waals surface area contributed by atoms with E-state index in [0.29, 0.717) is 0 Å². The van der Waals surface area contributed by atoms with E-state index in [1.54, 1.807) is 6.92 Å². The first-order valence-electron chi connectivity index (χ1n) is 6.52. The molecule has 1 aliphatic rings. The normalized spacial score (nSPS) is 22.4. The Balaban J connectivity index is 2.27. The van der Waals surface area contributed by atoms with Gasteiger partial charge >= 0.3 is 0 Å². The summed E-state index contributed by atoms with van der Waals surface area (Å²) in [5.74, 6) is 0.0779. The fraction of sp³-hybridized carbons (Fsp3) is 0.533. The molecule has 1 heterocycles. The summed E-state index contributed by atoms with van der Waals surface area (Å²) in [4.78, 5) is 13.8. The molecule has 0 aromatic heterocycles. The standard InChI is InChI=1S/C15H20BrNO2/c1-10-8-17(9-15(3,4)19-10)12-5-6-13(11(2)18)14(16)7-12/h5-7,10H,8-9H2,1-4H3. The molecule has 0 saturated carbocycles. The van der Waals surface area contributed by atoms with Gasteiger partial charge in [0.25, 0.3) is 0 Å². The maximum absolute atomic E-state index is 11.4. The largest absolute Gasteiger partial charge is 0.369 e. The third-order valence-electron chi connectivity index (χ3n) is 3.27. The highest BCUT2D eigenvalue weighted by molar-refractivity contribution is 9.10. The number of carbonyl (C=O) groups is 1. The van der Waals surface area contributed by atoms with E-state index in [1.807, 2.05) is 18.2 Å². The minimum Gasteiger partial charge on any atom is -0.369 e. The van der Waals surface area contributed by atoms with Gasteiger partial charge in [0.2, 0.25) is 0 Å². The molecule has 2 rings (SSSR count). The number of carbonyl (C=O) groups excluding carboxylic acids is 1. The number of hydrogen-bond donors (Lipinski definition) is 0. The molecule has 1 fully saturated rings. The fourth-order valence-electron chi connectivity index (χ4n) is 2.64. The second-order valence-electron chi connectivity index (χ2n) is 5.79. The average molecular weight is 326 g/mol. The molecule has 1 unspecified atom stereocenters. The molecule has 4 heteroatoms. The molecule has 0 radical (unpaired) electrons. The Kier molecular flexibility index (Phi) is 4.02. The second kappa shape index (κ2) is 5.25. The fourth-order valence-corrected chi connectivity index (χ4v) is 3.28. The van der Waals surface area contributed by atoms with Gasteiger partial charge in [0, 0.05) is 28.8 Å². The topological polar surface area (TPSA) is 29.5 Å². The van der Waals surface area contributed by atoms with Crippen molar-refractivity contribution < 1.29 is 9.53 Å². The lowest BCUT2D eigenvalue weighted by Crippen LogP contribution is -2.52. The summed E-state index contributed by atoms with van der Waals surface area (Å²) in [5.41, 5.74) is 1.70. The van der Waals surface area contributed by atoms with Crippen molar-refractivity contribution in [1.82, 2.24) is 0 Å². The highest BCUT2D eigenvalue weighted by atomic mass is 79.9. The van der Waals surface area contributed by atoms with Crippen molar-refractivity contribution in [3.63, 3.8) is 0 Å². The van der Waals surface area contributed by atoms with Crippen molar-refractivity contribution in [1.29, 1.82) is 0 Å². The van der Waals surface area contributed by atoms with E-state index in [0.717, 1.165) is 28.8 Å². The highest BCUT2D eigenvalue weighted by Crippen LogP contribution is 2.29. The summed E-state index contributed by atoms with van der Waals surface area (Å²) in [7, 11) is 0. The number of nitrogens with zero attached hydrogens (tertiary/aromatic N) is 1. The van der Waals surface area contributed by atoms with E-state index in [2.05, 4.69) is 41.6 Å². The van der Waals surface area contributed by atoms with Gasteiger partial charge in [-0.05, 0) is 61.8 Å². The molecule has 1 aromatic carbocycles. The number of ketones is 1. The summed E-state index contributed by atoms with van der Waals surface area (Å²) in [6, 6.07) is 5.91. The predicted molar refractivity (Wildman–Crippen MR) is 81.0 cm³/mol. The molecule has 1 atom stereocenters. The molecule has 1 aromatic rings. The predicted octanol–water partition coefficient (Wildman–Crippen LogP) is 3.66. The van der Waals surface area contributed by atoms with E-state index in [1.165, 1.54) is 0 Å². The highest BCUT2D eigenvalue weighted by Gasteiger charge is 2.31. The van der Waals surface area contributed by atoms with Crippen LogP contribution in [0.2, 0.25) is 0 Å². The quantitative estimate of drug-likeness (QED) is 0.777. The number of Topliss-reactive ketones (excluding diaryl/α,β-unsaturated/α-hetero) is 1. The van der Waals surface area contributed by atoms with Crippen LogP contribution in [-0.2, 0) is 4.74 Å². The number of morpholine rings is 1. The van der Waals surface area contributed by atoms with Crippen LogP contribution in [0.15, 0.2) is 22.7 Å². The average Bonchev–Trinajstić information content (AvgIpc) is 2.25. The van der Waals surface area contributed by atoms with E-state index in [-0.39, 0.29) is 17.5 Å². The molecule has 1 aliphatic heterocycles. The molecule has 19 heavy (non-hydrogen) atoms. The third-order valence-corrected chi connectivity index (χ3v) is 3.92. The molecule has 0 aliphatic carbocycles. The molecule has 0 amide bonds. The van der Waals surface area contributed by atoms with Crippen LogP contribution < -0.4 is 4.90 Å². The Morgan fingerprint density at radius 2 is 2.16 bits per heavy atom. The Labute approximate surface area is 123 Å². The number of halogens is 1. The van der Waals surface area contributed by atoms with Crippen LogP contribution in [-0.4, -0.2) is 30.6 Å². The lowest BCUT2D eigenvalue weighted by atomic mass is 10.0. The summed E-state index contributed by atoms with van der Waals surface area (Å²) in [6.45, 7) is 9.61. The summed E-state index contributed by atoms with van der Waals surface area (Å²) in [6.07, 6.45) is 0.204. The van der Waals surface area contributed by atoms with Gasteiger partial charge in [-0.1, -0.05) is 0 Å². The van der Waals surface area contributed by atoms with Gasteiger partial charge in [-0.3, -0.25) is 4.79 Å². The number of benzene rings is 1. The zero-order chi connectivity index (χ0) is 14.2. The van der Waals surface area contributed by atoms with Gasteiger partial charge in [-0.25, -0.2) is 0 Å². The van der Waals surface area contributed by atoms with Crippen LogP contribution in [0.3, 0.4) is 0 Å². The molecule has 0 N–H and O–H groups in total. The van der Waals surface area contributed by atoms with E-state index >= 15 is 0 Å². The van der Waals surface area contributed by atoms with Crippen molar-refractivity contribution in [3.8, 4) is 0 Å².